The quantitative estimate of drug-likeness (QED) is 0.836. The predicted octanol–water partition coefficient (Wildman–Crippen LogP) is 2.24. The van der Waals surface area contributed by atoms with E-state index < -0.39 is 5.97 Å². The lowest BCUT2D eigenvalue weighted by molar-refractivity contribution is -0.121. The molecule has 2 unspecified atom stereocenters. The number of ether oxygens (including phenoxy) is 1. The van der Waals surface area contributed by atoms with Crippen molar-refractivity contribution in [2.45, 2.75) is 38.6 Å². The molecule has 1 amide bonds. The number of hydrogen-bond acceptors (Lipinski definition) is 4. The number of benzene rings is 1. The third-order valence-corrected chi connectivity index (χ3v) is 3.99. The van der Waals surface area contributed by atoms with Crippen molar-refractivity contribution in [2.75, 3.05) is 12.4 Å². The second-order valence-corrected chi connectivity index (χ2v) is 5.58. The summed E-state index contributed by atoms with van der Waals surface area (Å²) in [5.74, 6) is -0.760. The molecular weight excluding hydrogens is 268 g/mol. The Kier molecular flexibility index (Phi) is 4.96. The monoisotopic (exact) mass is 290 g/mol. The molecule has 0 aliphatic heterocycles. The van der Waals surface area contributed by atoms with Crippen molar-refractivity contribution in [3.63, 3.8) is 0 Å². The van der Waals surface area contributed by atoms with E-state index in [-0.39, 0.29) is 17.9 Å². The van der Waals surface area contributed by atoms with Gasteiger partial charge in [0.05, 0.1) is 24.3 Å². The molecule has 0 spiro atoms. The summed E-state index contributed by atoms with van der Waals surface area (Å²) in [7, 11) is 1.33. The number of anilines is 1. The summed E-state index contributed by atoms with van der Waals surface area (Å²) in [4.78, 5) is 24.2. The smallest absolute Gasteiger partial charge is 0.339 e. The summed E-state index contributed by atoms with van der Waals surface area (Å²) in [6.07, 6.45) is 3.76. The summed E-state index contributed by atoms with van der Waals surface area (Å²) in [5.41, 5.74) is 7.81. The maximum absolute atomic E-state index is 12.4. The molecule has 1 aromatic carbocycles. The van der Waals surface area contributed by atoms with Crippen molar-refractivity contribution in [1.29, 1.82) is 0 Å². The number of hydrogen-bond donors (Lipinski definition) is 2. The molecule has 2 rings (SSSR count). The summed E-state index contributed by atoms with van der Waals surface area (Å²) < 4.78 is 4.77. The third-order valence-electron chi connectivity index (χ3n) is 3.99. The molecule has 5 heteroatoms. The number of aryl methyl sites for hydroxylation is 1. The van der Waals surface area contributed by atoms with Crippen molar-refractivity contribution >= 4 is 17.6 Å². The minimum absolute atomic E-state index is 0.106. The van der Waals surface area contributed by atoms with Crippen LogP contribution in [0.15, 0.2) is 18.2 Å². The van der Waals surface area contributed by atoms with E-state index >= 15 is 0 Å². The van der Waals surface area contributed by atoms with Crippen LogP contribution in [0, 0.1) is 12.8 Å². The van der Waals surface area contributed by atoms with Gasteiger partial charge in [-0.05, 0) is 31.9 Å². The van der Waals surface area contributed by atoms with Gasteiger partial charge in [0.15, 0.2) is 0 Å². The molecule has 3 N–H and O–H groups in total. The zero-order valence-electron chi connectivity index (χ0n) is 12.5. The summed E-state index contributed by atoms with van der Waals surface area (Å²) in [6, 6.07) is 5.18. The van der Waals surface area contributed by atoms with Gasteiger partial charge in [-0.1, -0.05) is 24.5 Å². The number of amides is 1. The molecule has 0 heterocycles. The summed E-state index contributed by atoms with van der Waals surface area (Å²) >= 11 is 0. The Morgan fingerprint density at radius 3 is 2.67 bits per heavy atom. The molecule has 1 aliphatic carbocycles. The number of carbonyl (C=O) groups excluding carboxylic acids is 2. The molecule has 0 saturated heterocycles. The van der Waals surface area contributed by atoms with Crippen LogP contribution in [0.2, 0.25) is 0 Å². The van der Waals surface area contributed by atoms with Crippen LogP contribution in [0.1, 0.15) is 41.6 Å². The highest BCUT2D eigenvalue weighted by Gasteiger charge is 2.29. The number of carbonyl (C=O) groups is 2. The number of nitrogens with one attached hydrogen (secondary N) is 1. The average Bonchev–Trinajstić information content (AvgIpc) is 2.48. The van der Waals surface area contributed by atoms with Crippen LogP contribution in [0.3, 0.4) is 0 Å². The van der Waals surface area contributed by atoms with E-state index in [0.717, 1.165) is 31.2 Å². The van der Waals surface area contributed by atoms with Gasteiger partial charge in [-0.2, -0.15) is 0 Å². The zero-order valence-corrected chi connectivity index (χ0v) is 12.5. The van der Waals surface area contributed by atoms with Crippen LogP contribution in [0.25, 0.3) is 0 Å². The van der Waals surface area contributed by atoms with E-state index in [1.165, 1.54) is 7.11 Å². The molecule has 114 valence electrons. The Morgan fingerprint density at radius 1 is 1.29 bits per heavy atom. The lowest BCUT2D eigenvalue weighted by Gasteiger charge is -2.27. The molecule has 1 fully saturated rings. The van der Waals surface area contributed by atoms with Gasteiger partial charge >= 0.3 is 5.97 Å². The van der Waals surface area contributed by atoms with E-state index in [4.69, 9.17) is 10.5 Å². The van der Waals surface area contributed by atoms with Gasteiger partial charge in [-0.15, -0.1) is 0 Å². The van der Waals surface area contributed by atoms with E-state index in [0.29, 0.717) is 11.3 Å². The van der Waals surface area contributed by atoms with Crippen LogP contribution < -0.4 is 11.1 Å². The maximum atomic E-state index is 12.4. The molecule has 0 aromatic heterocycles. The van der Waals surface area contributed by atoms with Gasteiger partial charge in [-0.25, -0.2) is 4.79 Å². The van der Waals surface area contributed by atoms with E-state index in [2.05, 4.69) is 5.32 Å². The molecule has 0 radical (unpaired) electrons. The second kappa shape index (κ2) is 6.72. The molecular formula is C16H22N2O3. The van der Waals surface area contributed by atoms with Crippen LogP contribution in [-0.4, -0.2) is 25.0 Å². The Hall–Kier alpha value is -1.88. The highest BCUT2D eigenvalue weighted by atomic mass is 16.5. The molecule has 0 bridgehead atoms. The fraction of sp³-hybridized carbons (Fsp3) is 0.500. The fourth-order valence-corrected chi connectivity index (χ4v) is 2.76. The lowest BCUT2D eigenvalue weighted by Crippen LogP contribution is -2.40. The first-order valence-electron chi connectivity index (χ1n) is 7.28. The van der Waals surface area contributed by atoms with Gasteiger partial charge < -0.3 is 15.8 Å². The minimum Gasteiger partial charge on any atom is -0.465 e. The van der Waals surface area contributed by atoms with E-state index in [1.54, 1.807) is 12.1 Å². The zero-order chi connectivity index (χ0) is 15.4. The molecule has 1 saturated carbocycles. The standard InChI is InChI=1S/C16H22N2O3/c1-10-7-8-14(12(9-10)16(20)21-2)18-15(19)11-5-3-4-6-13(11)17/h7-9,11,13H,3-6,17H2,1-2H3,(H,18,19). The van der Waals surface area contributed by atoms with Crippen molar-refractivity contribution < 1.29 is 14.3 Å². The molecule has 1 aliphatic rings. The van der Waals surface area contributed by atoms with Gasteiger partial charge in [0.25, 0.3) is 0 Å². The first-order valence-corrected chi connectivity index (χ1v) is 7.28. The molecule has 2 atom stereocenters. The Labute approximate surface area is 124 Å². The Balaban J connectivity index is 2.18. The highest BCUT2D eigenvalue weighted by Crippen LogP contribution is 2.26. The van der Waals surface area contributed by atoms with Crippen LogP contribution in [-0.2, 0) is 9.53 Å². The van der Waals surface area contributed by atoms with Crippen LogP contribution in [0.5, 0.6) is 0 Å². The topological polar surface area (TPSA) is 81.4 Å². The van der Waals surface area contributed by atoms with Gasteiger partial charge in [0, 0.05) is 6.04 Å². The molecule has 21 heavy (non-hydrogen) atoms. The maximum Gasteiger partial charge on any atom is 0.339 e. The van der Waals surface area contributed by atoms with Crippen LogP contribution in [0.4, 0.5) is 5.69 Å². The van der Waals surface area contributed by atoms with Crippen molar-refractivity contribution in [1.82, 2.24) is 0 Å². The third kappa shape index (κ3) is 3.61. The van der Waals surface area contributed by atoms with Gasteiger partial charge in [0.2, 0.25) is 5.91 Å². The largest absolute Gasteiger partial charge is 0.465 e. The average molecular weight is 290 g/mol. The Bertz CT molecular complexity index is 542. The number of esters is 1. The molecule has 1 aromatic rings. The summed E-state index contributed by atoms with van der Waals surface area (Å²) in [6.45, 7) is 1.88. The Morgan fingerprint density at radius 2 is 2.00 bits per heavy atom. The van der Waals surface area contributed by atoms with E-state index in [9.17, 15) is 9.59 Å². The van der Waals surface area contributed by atoms with Crippen molar-refractivity contribution in [3.8, 4) is 0 Å². The summed E-state index contributed by atoms with van der Waals surface area (Å²) in [5, 5.41) is 2.83. The highest BCUT2D eigenvalue weighted by molar-refractivity contribution is 6.02. The van der Waals surface area contributed by atoms with Gasteiger partial charge in [0.1, 0.15) is 0 Å². The minimum atomic E-state index is -0.457. The van der Waals surface area contributed by atoms with Crippen molar-refractivity contribution in [3.05, 3.63) is 29.3 Å². The van der Waals surface area contributed by atoms with Crippen molar-refractivity contribution in [2.24, 2.45) is 11.7 Å². The lowest BCUT2D eigenvalue weighted by atomic mass is 9.84. The number of methoxy groups -OCH3 is 1. The van der Waals surface area contributed by atoms with Gasteiger partial charge in [-0.3, -0.25) is 4.79 Å². The molecule has 5 nitrogen and oxygen atoms in total. The fourth-order valence-electron chi connectivity index (χ4n) is 2.76. The predicted molar refractivity (Wildman–Crippen MR) is 81.1 cm³/mol. The SMILES string of the molecule is COC(=O)c1cc(C)ccc1NC(=O)C1CCCCC1N. The number of nitrogens with two attached hydrogens (primary N) is 1. The second-order valence-electron chi connectivity index (χ2n) is 5.58. The first-order chi connectivity index (χ1) is 10.0. The normalized spacial score (nSPS) is 21.7. The van der Waals surface area contributed by atoms with Crippen LogP contribution >= 0.6 is 0 Å². The van der Waals surface area contributed by atoms with E-state index in [1.807, 2.05) is 13.0 Å². The first kappa shape index (κ1) is 15.5. The number of rotatable bonds is 3.